The van der Waals surface area contributed by atoms with Crippen molar-refractivity contribution in [1.82, 2.24) is 9.88 Å². The molecule has 2 aromatic carbocycles. The molecule has 3 rings (SSSR count). The lowest BCUT2D eigenvalue weighted by atomic mass is 9.72. The van der Waals surface area contributed by atoms with Crippen molar-refractivity contribution in [3.63, 3.8) is 0 Å². The van der Waals surface area contributed by atoms with E-state index in [1.807, 2.05) is 52.0 Å². The summed E-state index contributed by atoms with van der Waals surface area (Å²) in [6.07, 6.45) is 1.61. The summed E-state index contributed by atoms with van der Waals surface area (Å²) in [7, 11) is -3.58. The van der Waals surface area contributed by atoms with Crippen LogP contribution >= 0.6 is 0 Å². The molecule has 1 amide bonds. The number of sulfone groups is 1. The molecule has 2 N–H and O–H groups in total. The molecule has 0 unspecified atom stereocenters. The molecule has 3 aromatic rings. The second kappa shape index (κ2) is 12.8. The van der Waals surface area contributed by atoms with Crippen LogP contribution in [0.3, 0.4) is 0 Å². The van der Waals surface area contributed by atoms with E-state index in [1.54, 1.807) is 30.3 Å². The quantitative estimate of drug-likeness (QED) is 0.292. The van der Waals surface area contributed by atoms with Gasteiger partial charge in [-0.1, -0.05) is 58.0 Å². The lowest BCUT2D eigenvalue weighted by molar-refractivity contribution is 0.0887. The normalized spacial score (nSPS) is 12.9. The van der Waals surface area contributed by atoms with Crippen LogP contribution in [-0.2, 0) is 21.8 Å². The second-order valence-electron chi connectivity index (χ2n) is 10.3. The van der Waals surface area contributed by atoms with Gasteiger partial charge in [0.25, 0.3) is 5.91 Å². The van der Waals surface area contributed by atoms with Crippen LogP contribution in [0.1, 0.15) is 74.8 Å². The number of nitrogens with one attached hydrogen (secondary N) is 1. The summed E-state index contributed by atoms with van der Waals surface area (Å²) in [5.74, 6) is -0.00233. The number of amides is 1. The molecule has 212 valence electrons. The maximum absolute atomic E-state index is 13.2. The Kier molecular flexibility index (Phi) is 10.0. The first kappa shape index (κ1) is 30.4. The molecule has 1 atom stereocenters. The Balaban J connectivity index is 1.93. The van der Waals surface area contributed by atoms with E-state index in [0.717, 1.165) is 29.7 Å². The van der Waals surface area contributed by atoms with Crippen LogP contribution in [0.15, 0.2) is 65.6 Å². The van der Waals surface area contributed by atoms with Crippen molar-refractivity contribution in [2.75, 3.05) is 12.5 Å². The average molecular weight is 555 g/mol. The maximum atomic E-state index is 13.2. The predicted molar refractivity (Wildman–Crippen MR) is 155 cm³/mol. The molecule has 0 aliphatic heterocycles. The molecule has 0 aliphatic rings. The number of aliphatic hydroxyl groups excluding tert-OH is 1. The summed E-state index contributed by atoms with van der Waals surface area (Å²) in [5.41, 5.74) is 3.18. The summed E-state index contributed by atoms with van der Waals surface area (Å²) >= 11 is 0. The monoisotopic (exact) mass is 554 g/mol. The Bertz CT molecular complexity index is 1360. The standard InChI is InChI=1S/C31H42N2O5S/c1-7-31(8-2,29-18-16-27(33(29)9-3)30(35)32-26(20-34)22(4)5)24-15-17-28(23(6)19-24)38-21-39(36,37)25-13-11-10-12-14-25/h10-19,22,26,34H,7-9,20-21H2,1-6H3,(H,32,35)/t26-/m1/s1. The first-order valence-corrected chi connectivity index (χ1v) is 15.3. The first-order valence-electron chi connectivity index (χ1n) is 13.7. The number of hydrogen-bond acceptors (Lipinski definition) is 5. The van der Waals surface area contributed by atoms with E-state index in [2.05, 4.69) is 29.8 Å². The number of ether oxygens (including phenoxy) is 1. The zero-order valence-electron chi connectivity index (χ0n) is 23.9. The van der Waals surface area contributed by atoms with Gasteiger partial charge in [0.1, 0.15) is 11.4 Å². The van der Waals surface area contributed by atoms with E-state index in [0.29, 0.717) is 18.0 Å². The van der Waals surface area contributed by atoms with Crippen LogP contribution < -0.4 is 10.1 Å². The van der Waals surface area contributed by atoms with Crippen molar-refractivity contribution < 1.29 is 23.1 Å². The zero-order valence-corrected chi connectivity index (χ0v) is 24.7. The number of carbonyl (C=O) groups excluding carboxylic acids is 1. The third-order valence-electron chi connectivity index (χ3n) is 7.74. The summed E-state index contributed by atoms with van der Waals surface area (Å²) in [6, 6.07) is 17.8. The molecular formula is C31H42N2O5S. The van der Waals surface area contributed by atoms with Crippen molar-refractivity contribution in [2.24, 2.45) is 5.92 Å². The number of aryl methyl sites for hydroxylation is 1. The smallest absolute Gasteiger partial charge is 0.268 e. The molecule has 0 fully saturated rings. The van der Waals surface area contributed by atoms with Gasteiger partial charge in [-0.05, 0) is 74.1 Å². The maximum Gasteiger partial charge on any atom is 0.268 e. The number of carbonyl (C=O) groups is 1. The summed E-state index contributed by atoms with van der Waals surface area (Å²) < 4.78 is 33.2. The van der Waals surface area contributed by atoms with Gasteiger partial charge in [-0.25, -0.2) is 8.42 Å². The fourth-order valence-corrected chi connectivity index (χ4v) is 6.19. The summed E-state index contributed by atoms with van der Waals surface area (Å²) in [4.78, 5) is 13.4. The van der Waals surface area contributed by atoms with Crippen LogP contribution in [0.25, 0.3) is 0 Å². The van der Waals surface area contributed by atoms with E-state index in [1.165, 1.54) is 0 Å². The lowest BCUT2D eigenvalue weighted by Crippen LogP contribution is -2.42. The molecule has 0 saturated heterocycles. The molecule has 39 heavy (non-hydrogen) atoms. The molecule has 0 saturated carbocycles. The number of rotatable bonds is 13. The fraction of sp³-hybridized carbons (Fsp3) is 0.452. The molecular weight excluding hydrogens is 512 g/mol. The van der Waals surface area contributed by atoms with Crippen molar-refractivity contribution >= 4 is 15.7 Å². The molecule has 7 nitrogen and oxygen atoms in total. The Hall–Kier alpha value is -3.10. The Labute approximate surface area is 233 Å². The average Bonchev–Trinajstić information content (AvgIpc) is 3.37. The highest BCUT2D eigenvalue weighted by atomic mass is 32.2. The van der Waals surface area contributed by atoms with Crippen LogP contribution in [0.5, 0.6) is 5.75 Å². The van der Waals surface area contributed by atoms with E-state index < -0.39 is 15.8 Å². The third-order valence-corrected chi connectivity index (χ3v) is 9.16. The number of aliphatic hydroxyl groups is 1. The number of benzene rings is 2. The first-order chi connectivity index (χ1) is 18.5. The Morgan fingerprint density at radius 2 is 1.69 bits per heavy atom. The fourth-order valence-electron chi connectivity index (χ4n) is 5.20. The number of aromatic nitrogens is 1. The van der Waals surface area contributed by atoms with Gasteiger partial charge in [0, 0.05) is 17.7 Å². The van der Waals surface area contributed by atoms with Gasteiger partial charge in [0.05, 0.1) is 17.5 Å². The molecule has 1 aromatic heterocycles. The minimum Gasteiger partial charge on any atom is -0.477 e. The predicted octanol–water partition coefficient (Wildman–Crippen LogP) is 5.48. The Morgan fingerprint density at radius 1 is 1.03 bits per heavy atom. The second-order valence-corrected chi connectivity index (χ2v) is 12.3. The molecule has 0 aliphatic carbocycles. The summed E-state index contributed by atoms with van der Waals surface area (Å²) in [5, 5.41) is 12.7. The minimum absolute atomic E-state index is 0.111. The van der Waals surface area contributed by atoms with Gasteiger partial charge in [0.2, 0.25) is 9.84 Å². The van der Waals surface area contributed by atoms with Gasteiger partial charge in [0.15, 0.2) is 5.94 Å². The molecule has 0 spiro atoms. The third kappa shape index (κ3) is 6.39. The SMILES string of the molecule is CCn1c(C(=O)N[C@H](CO)C(C)C)ccc1C(CC)(CC)c1ccc(OCS(=O)(=O)c2ccccc2)c(C)c1. The van der Waals surface area contributed by atoms with Gasteiger partial charge in [-0.15, -0.1) is 0 Å². The van der Waals surface area contributed by atoms with E-state index in [-0.39, 0.29) is 34.8 Å². The van der Waals surface area contributed by atoms with Crippen molar-refractivity contribution in [2.45, 2.75) is 77.3 Å². The van der Waals surface area contributed by atoms with E-state index >= 15 is 0 Å². The van der Waals surface area contributed by atoms with E-state index in [9.17, 15) is 18.3 Å². The van der Waals surface area contributed by atoms with Crippen LogP contribution in [0.2, 0.25) is 0 Å². The van der Waals surface area contributed by atoms with Gasteiger partial charge in [-0.3, -0.25) is 4.79 Å². The van der Waals surface area contributed by atoms with Crippen molar-refractivity contribution in [1.29, 1.82) is 0 Å². The largest absolute Gasteiger partial charge is 0.477 e. The molecule has 0 radical (unpaired) electrons. The lowest BCUT2D eigenvalue weighted by Gasteiger charge is -2.35. The highest BCUT2D eigenvalue weighted by molar-refractivity contribution is 7.91. The number of hydrogen-bond donors (Lipinski definition) is 2. The van der Waals surface area contributed by atoms with Gasteiger partial charge in [-0.2, -0.15) is 0 Å². The zero-order chi connectivity index (χ0) is 28.8. The topological polar surface area (TPSA) is 97.6 Å². The highest BCUT2D eigenvalue weighted by Crippen LogP contribution is 2.41. The number of nitrogens with zero attached hydrogens (tertiary/aromatic N) is 1. The highest BCUT2D eigenvalue weighted by Gasteiger charge is 2.35. The van der Waals surface area contributed by atoms with Crippen molar-refractivity contribution in [3.05, 3.63) is 83.2 Å². The Morgan fingerprint density at radius 3 is 2.23 bits per heavy atom. The summed E-state index contributed by atoms with van der Waals surface area (Å²) in [6.45, 7) is 12.7. The molecule has 0 bridgehead atoms. The molecule has 8 heteroatoms. The minimum atomic E-state index is -3.58. The van der Waals surface area contributed by atoms with Crippen LogP contribution in [0, 0.1) is 12.8 Å². The van der Waals surface area contributed by atoms with Crippen LogP contribution in [-0.4, -0.2) is 42.6 Å². The van der Waals surface area contributed by atoms with Gasteiger partial charge < -0.3 is 19.7 Å². The van der Waals surface area contributed by atoms with E-state index in [4.69, 9.17) is 4.74 Å². The van der Waals surface area contributed by atoms with Gasteiger partial charge >= 0.3 is 0 Å². The molecule has 1 heterocycles. The van der Waals surface area contributed by atoms with Crippen LogP contribution in [0.4, 0.5) is 0 Å². The van der Waals surface area contributed by atoms with Crippen molar-refractivity contribution in [3.8, 4) is 5.75 Å².